The van der Waals surface area contributed by atoms with Crippen LogP contribution in [0.1, 0.15) is 29.5 Å². The quantitative estimate of drug-likeness (QED) is 0.230. The molecule has 4 aromatic rings. The summed E-state index contributed by atoms with van der Waals surface area (Å²) in [5.74, 6) is 3.58. The highest BCUT2D eigenvalue weighted by Crippen LogP contribution is 2.32. The Morgan fingerprint density at radius 1 is 0.897 bits per heavy atom. The van der Waals surface area contributed by atoms with Crippen LogP contribution in [0, 0.1) is 12.8 Å². The van der Waals surface area contributed by atoms with E-state index in [4.69, 9.17) is 19.4 Å². The Balaban J connectivity index is 1.17. The van der Waals surface area contributed by atoms with Crippen LogP contribution in [-0.2, 0) is 6.42 Å². The summed E-state index contributed by atoms with van der Waals surface area (Å²) in [6, 6.07) is 24.5. The lowest BCUT2D eigenvalue weighted by Crippen LogP contribution is -2.35. The molecule has 9 heteroatoms. The average molecular weight is 522 g/mol. The highest BCUT2D eigenvalue weighted by Gasteiger charge is 2.22. The second-order valence-corrected chi connectivity index (χ2v) is 9.88. The van der Waals surface area contributed by atoms with Crippen LogP contribution in [-0.4, -0.2) is 41.0 Å². The molecule has 2 aliphatic rings. The van der Waals surface area contributed by atoms with Crippen LogP contribution in [0.15, 0.2) is 77.9 Å². The Hall–Kier alpha value is -4.66. The van der Waals surface area contributed by atoms with Gasteiger partial charge in [-0.15, -0.1) is 0 Å². The van der Waals surface area contributed by atoms with Gasteiger partial charge in [0.05, 0.1) is 6.21 Å². The van der Waals surface area contributed by atoms with Crippen LogP contribution in [0.4, 0.5) is 23.5 Å². The summed E-state index contributed by atoms with van der Waals surface area (Å²) >= 11 is 0. The number of rotatable bonds is 8. The van der Waals surface area contributed by atoms with E-state index < -0.39 is 0 Å². The predicted molar refractivity (Wildman–Crippen MR) is 153 cm³/mol. The van der Waals surface area contributed by atoms with Crippen molar-refractivity contribution in [2.75, 3.05) is 35.5 Å². The maximum absolute atomic E-state index is 5.46. The third-order valence-corrected chi connectivity index (χ3v) is 6.97. The van der Waals surface area contributed by atoms with E-state index in [0.717, 1.165) is 49.4 Å². The van der Waals surface area contributed by atoms with E-state index in [-0.39, 0.29) is 6.79 Å². The predicted octanol–water partition coefficient (Wildman–Crippen LogP) is 5.56. The maximum atomic E-state index is 5.46. The van der Waals surface area contributed by atoms with Gasteiger partial charge in [0.1, 0.15) is 0 Å². The normalized spacial score (nSPS) is 15.1. The number of benzene rings is 3. The number of aryl methyl sites for hydroxylation is 1. The minimum absolute atomic E-state index is 0.238. The molecule has 2 aliphatic heterocycles. The maximum Gasteiger partial charge on any atom is 0.250 e. The molecular formula is C30H31N7O2. The van der Waals surface area contributed by atoms with E-state index in [1.54, 1.807) is 6.21 Å². The zero-order valence-corrected chi connectivity index (χ0v) is 21.9. The molecule has 0 saturated carbocycles. The molecule has 1 fully saturated rings. The Morgan fingerprint density at radius 2 is 1.67 bits per heavy atom. The van der Waals surface area contributed by atoms with Gasteiger partial charge in [0.2, 0.25) is 24.6 Å². The molecule has 2 N–H and O–H groups in total. The summed E-state index contributed by atoms with van der Waals surface area (Å²) in [4.78, 5) is 16.3. The smallest absolute Gasteiger partial charge is 0.250 e. The Morgan fingerprint density at radius 3 is 2.49 bits per heavy atom. The first kappa shape index (κ1) is 24.7. The third-order valence-electron chi connectivity index (χ3n) is 6.97. The molecule has 0 bridgehead atoms. The molecule has 6 rings (SSSR count). The first-order valence-electron chi connectivity index (χ1n) is 13.3. The van der Waals surface area contributed by atoms with Crippen LogP contribution < -0.4 is 25.1 Å². The summed E-state index contributed by atoms with van der Waals surface area (Å²) in [6.07, 6.45) is 4.99. The van der Waals surface area contributed by atoms with Crippen molar-refractivity contribution in [1.82, 2.24) is 15.0 Å². The molecule has 0 amide bonds. The van der Waals surface area contributed by atoms with Crippen molar-refractivity contribution in [3.05, 3.63) is 89.5 Å². The second-order valence-electron chi connectivity index (χ2n) is 9.88. The molecule has 0 spiro atoms. The van der Waals surface area contributed by atoms with E-state index >= 15 is 0 Å². The van der Waals surface area contributed by atoms with Gasteiger partial charge >= 0.3 is 0 Å². The van der Waals surface area contributed by atoms with Crippen molar-refractivity contribution in [1.29, 1.82) is 0 Å². The minimum atomic E-state index is 0.238. The fraction of sp³-hybridized carbons (Fsp3) is 0.267. The van der Waals surface area contributed by atoms with Gasteiger partial charge in [0, 0.05) is 18.8 Å². The summed E-state index contributed by atoms with van der Waals surface area (Å²) in [5.41, 5.74) is 7.36. The lowest BCUT2D eigenvalue weighted by Gasteiger charge is -2.32. The molecule has 1 saturated heterocycles. The number of ether oxygens (including phenoxy) is 2. The van der Waals surface area contributed by atoms with E-state index in [9.17, 15) is 0 Å². The molecule has 198 valence electrons. The summed E-state index contributed by atoms with van der Waals surface area (Å²) < 4.78 is 10.8. The molecule has 0 aliphatic carbocycles. The van der Waals surface area contributed by atoms with Gasteiger partial charge in [-0.25, -0.2) is 5.43 Å². The van der Waals surface area contributed by atoms with Crippen LogP contribution in [0.3, 0.4) is 0 Å². The minimum Gasteiger partial charge on any atom is -0.454 e. The number of anilines is 4. The number of hydrazone groups is 1. The monoisotopic (exact) mass is 521 g/mol. The second kappa shape index (κ2) is 11.4. The number of piperidine rings is 1. The Kier molecular flexibility index (Phi) is 7.20. The summed E-state index contributed by atoms with van der Waals surface area (Å²) in [6.45, 7) is 4.09. The topological polar surface area (TPSA) is 96.8 Å². The number of hydrogen-bond donors (Lipinski definition) is 2. The van der Waals surface area contributed by atoms with Crippen LogP contribution >= 0.6 is 0 Å². The van der Waals surface area contributed by atoms with Crippen LogP contribution in [0.5, 0.6) is 11.5 Å². The Labute approximate surface area is 227 Å². The molecular weight excluding hydrogens is 490 g/mol. The first-order valence-corrected chi connectivity index (χ1v) is 13.3. The van der Waals surface area contributed by atoms with Crippen molar-refractivity contribution in [3.8, 4) is 11.5 Å². The van der Waals surface area contributed by atoms with Gasteiger partial charge in [0.25, 0.3) is 0 Å². The van der Waals surface area contributed by atoms with Crippen molar-refractivity contribution in [3.63, 3.8) is 0 Å². The average Bonchev–Trinajstić information content (AvgIpc) is 3.43. The molecule has 0 unspecified atom stereocenters. The fourth-order valence-electron chi connectivity index (χ4n) is 4.82. The number of nitrogens with zero attached hydrogens (tertiary/aromatic N) is 5. The van der Waals surface area contributed by atoms with Gasteiger partial charge < -0.3 is 19.7 Å². The molecule has 0 atom stereocenters. The van der Waals surface area contributed by atoms with Crippen molar-refractivity contribution < 1.29 is 9.47 Å². The summed E-state index contributed by atoms with van der Waals surface area (Å²) in [7, 11) is 0. The van der Waals surface area contributed by atoms with Crippen molar-refractivity contribution >= 4 is 29.7 Å². The van der Waals surface area contributed by atoms with Crippen molar-refractivity contribution in [2.24, 2.45) is 11.0 Å². The zero-order chi connectivity index (χ0) is 26.4. The zero-order valence-electron chi connectivity index (χ0n) is 21.9. The number of fused-ring (bicyclic) bond motifs is 1. The number of aromatic nitrogens is 3. The standard InChI is InChI=1S/C30H31N7O2/c1-21-7-10-25(11-8-21)32-28-33-29(36-31-19-24-9-12-26-27(18-24)39-20-38-26)35-30(34-28)37-15-13-23(14-16-37)17-22-5-3-2-4-6-22/h2-12,18-19,23H,13-17,20H2,1H3,(H2,32,33,34,35,36)/b31-19-. The van der Waals surface area contributed by atoms with E-state index in [1.807, 2.05) is 30.3 Å². The fourth-order valence-corrected chi connectivity index (χ4v) is 4.82. The molecule has 0 radical (unpaired) electrons. The van der Waals surface area contributed by atoms with Gasteiger partial charge in [-0.3, -0.25) is 0 Å². The SMILES string of the molecule is Cc1ccc(Nc2nc(N/N=C\c3ccc4c(c3)OCO4)nc(N3CCC(Cc4ccccc4)CC3)n2)cc1. The largest absolute Gasteiger partial charge is 0.454 e. The number of hydrogen-bond acceptors (Lipinski definition) is 9. The molecule has 3 heterocycles. The molecule has 3 aromatic carbocycles. The molecule has 39 heavy (non-hydrogen) atoms. The highest BCUT2D eigenvalue weighted by atomic mass is 16.7. The van der Waals surface area contributed by atoms with Crippen LogP contribution in [0.2, 0.25) is 0 Å². The summed E-state index contributed by atoms with van der Waals surface area (Å²) in [5, 5.41) is 7.69. The number of nitrogens with one attached hydrogen (secondary N) is 2. The lowest BCUT2D eigenvalue weighted by molar-refractivity contribution is 0.174. The first-order chi connectivity index (χ1) is 19.2. The molecule has 1 aromatic heterocycles. The van der Waals surface area contributed by atoms with Crippen molar-refractivity contribution in [2.45, 2.75) is 26.2 Å². The Bertz CT molecular complexity index is 1440. The van der Waals surface area contributed by atoms with E-state index in [1.165, 1.54) is 11.1 Å². The van der Waals surface area contributed by atoms with Gasteiger partial charge in [0.15, 0.2) is 11.5 Å². The highest BCUT2D eigenvalue weighted by molar-refractivity contribution is 5.81. The van der Waals surface area contributed by atoms with E-state index in [0.29, 0.717) is 29.5 Å². The van der Waals surface area contributed by atoms with E-state index in [2.05, 4.69) is 75.1 Å². The third kappa shape index (κ3) is 6.26. The lowest BCUT2D eigenvalue weighted by atomic mass is 9.90. The van der Waals surface area contributed by atoms with Gasteiger partial charge in [-0.1, -0.05) is 48.0 Å². The van der Waals surface area contributed by atoms with Gasteiger partial charge in [-0.2, -0.15) is 20.1 Å². The van der Waals surface area contributed by atoms with Crippen LogP contribution in [0.25, 0.3) is 0 Å². The van der Waals surface area contributed by atoms with Gasteiger partial charge in [-0.05, 0) is 73.6 Å². The molecule has 9 nitrogen and oxygen atoms in total.